The van der Waals surface area contributed by atoms with Crippen molar-refractivity contribution in [3.8, 4) is 0 Å². The van der Waals surface area contributed by atoms with Gasteiger partial charge >= 0.3 is 6.09 Å². The fourth-order valence-electron chi connectivity index (χ4n) is 2.75. The van der Waals surface area contributed by atoms with E-state index in [1.54, 1.807) is 32.9 Å². The summed E-state index contributed by atoms with van der Waals surface area (Å²) in [6.07, 6.45) is 3.56. The number of nitrogens with one attached hydrogen (secondary N) is 2. The summed E-state index contributed by atoms with van der Waals surface area (Å²) in [5.41, 5.74) is 2.32. The van der Waals surface area contributed by atoms with Crippen molar-refractivity contribution < 1.29 is 19.2 Å². The number of carbonyl (C=O) groups excluding carboxylic acids is 2. The van der Waals surface area contributed by atoms with Crippen LogP contribution in [0.4, 0.5) is 4.79 Å². The molecule has 138 valence electrons. The van der Waals surface area contributed by atoms with E-state index in [4.69, 9.17) is 9.57 Å². The van der Waals surface area contributed by atoms with E-state index in [-0.39, 0.29) is 11.9 Å². The standard InChI is InChI=1S/C19H28N2O4/c1-19(2,3)25-21-18(23)24-16(14-10-6-4-7-11-14)17(22)20-15-12-8-5-9-13-15/h4,6-7,10-11,15-16H,5,8-9,12-13H2,1-3H3,(H,20,22)(H,21,23)/t16-/m0/s1. The highest BCUT2D eigenvalue weighted by Crippen LogP contribution is 2.21. The SMILES string of the molecule is CC(C)(C)ONC(=O)O[C@H](C(=O)NC1CCCCC1)c1ccccc1. The molecule has 1 aromatic carbocycles. The normalized spacial score (nSPS) is 16.8. The van der Waals surface area contributed by atoms with Crippen LogP contribution in [-0.4, -0.2) is 23.6 Å². The molecule has 1 aliphatic carbocycles. The summed E-state index contributed by atoms with van der Waals surface area (Å²) < 4.78 is 5.35. The maximum absolute atomic E-state index is 12.7. The minimum absolute atomic E-state index is 0.143. The molecule has 0 heterocycles. The van der Waals surface area contributed by atoms with Gasteiger partial charge in [-0.15, -0.1) is 0 Å². The molecule has 0 aromatic heterocycles. The lowest BCUT2D eigenvalue weighted by Gasteiger charge is -2.26. The van der Waals surface area contributed by atoms with Crippen LogP contribution >= 0.6 is 0 Å². The van der Waals surface area contributed by atoms with Gasteiger partial charge in [-0.2, -0.15) is 5.48 Å². The number of carbonyl (C=O) groups is 2. The number of ether oxygens (including phenoxy) is 1. The average molecular weight is 348 g/mol. The van der Waals surface area contributed by atoms with E-state index in [1.807, 2.05) is 18.2 Å². The Morgan fingerprint density at radius 2 is 1.72 bits per heavy atom. The van der Waals surface area contributed by atoms with Crippen LogP contribution in [0.25, 0.3) is 0 Å². The summed E-state index contributed by atoms with van der Waals surface area (Å²) in [6.45, 7) is 5.41. The van der Waals surface area contributed by atoms with E-state index in [0.717, 1.165) is 25.7 Å². The summed E-state index contributed by atoms with van der Waals surface area (Å²) in [6, 6.07) is 9.14. The van der Waals surface area contributed by atoms with E-state index in [2.05, 4.69) is 10.8 Å². The summed E-state index contributed by atoms with van der Waals surface area (Å²) in [7, 11) is 0. The number of rotatable bonds is 5. The molecule has 1 saturated carbocycles. The van der Waals surface area contributed by atoms with Gasteiger partial charge in [-0.05, 0) is 33.6 Å². The van der Waals surface area contributed by atoms with Crippen LogP contribution in [-0.2, 0) is 14.4 Å². The third-order valence-corrected chi connectivity index (χ3v) is 3.96. The molecular formula is C19H28N2O4. The van der Waals surface area contributed by atoms with Gasteiger partial charge in [-0.1, -0.05) is 49.6 Å². The largest absolute Gasteiger partial charge is 0.432 e. The number of hydrogen-bond donors (Lipinski definition) is 2. The van der Waals surface area contributed by atoms with Crippen LogP contribution in [0.5, 0.6) is 0 Å². The minimum Gasteiger partial charge on any atom is -0.430 e. The first-order valence-corrected chi connectivity index (χ1v) is 8.85. The van der Waals surface area contributed by atoms with Crippen molar-refractivity contribution in [2.75, 3.05) is 0 Å². The highest BCUT2D eigenvalue weighted by atomic mass is 16.7. The number of benzene rings is 1. The van der Waals surface area contributed by atoms with Crippen molar-refractivity contribution in [2.24, 2.45) is 0 Å². The lowest BCUT2D eigenvalue weighted by atomic mass is 9.95. The Morgan fingerprint density at radius 3 is 2.32 bits per heavy atom. The van der Waals surface area contributed by atoms with Gasteiger partial charge in [-0.3, -0.25) is 9.63 Å². The van der Waals surface area contributed by atoms with E-state index in [9.17, 15) is 9.59 Å². The Hall–Kier alpha value is -2.08. The van der Waals surface area contributed by atoms with Crippen molar-refractivity contribution in [1.82, 2.24) is 10.8 Å². The van der Waals surface area contributed by atoms with E-state index in [0.29, 0.717) is 5.56 Å². The van der Waals surface area contributed by atoms with Gasteiger partial charge in [0, 0.05) is 11.6 Å². The van der Waals surface area contributed by atoms with Crippen LogP contribution in [0, 0.1) is 0 Å². The second kappa shape index (κ2) is 8.85. The van der Waals surface area contributed by atoms with Gasteiger partial charge in [0.1, 0.15) is 0 Å². The fourth-order valence-corrected chi connectivity index (χ4v) is 2.75. The Balaban J connectivity index is 2.02. The van der Waals surface area contributed by atoms with Crippen molar-refractivity contribution >= 4 is 12.0 Å². The van der Waals surface area contributed by atoms with E-state index < -0.39 is 17.8 Å². The zero-order valence-corrected chi connectivity index (χ0v) is 15.2. The van der Waals surface area contributed by atoms with Crippen molar-refractivity contribution in [3.05, 3.63) is 35.9 Å². The molecule has 0 radical (unpaired) electrons. The molecule has 2 rings (SSSR count). The smallest absolute Gasteiger partial charge is 0.430 e. The lowest BCUT2D eigenvalue weighted by Crippen LogP contribution is -2.42. The van der Waals surface area contributed by atoms with Gasteiger partial charge in [-0.25, -0.2) is 4.79 Å². The molecule has 6 nitrogen and oxygen atoms in total. The summed E-state index contributed by atoms with van der Waals surface area (Å²) in [4.78, 5) is 29.9. The van der Waals surface area contributed by atoms with Gasteiger partial charge in [0.2, 0.25) is 6.10 Å². The summed E-state index contributed by atoms with van der Waals surface area (Å²) >= 11 is 0. The maximum Gasteiger partial charge on any atom is 0.432 e. The fraction of sp³-hybridized carbons (Fsp3) is 0.579. The molecule has 25 heavy (non-hydrogen) atoms. The maximum atomic E-state index is 12.7. The first kappa shape index (κ1) is 19.2. The summed E-state index contributed by atoms with van der Waals surface area (Å²) in [5, 5.41) is 3.01. The van der Waals surface area contributed by atoms with Gasteiger partial charge in [0.05, 0.1) is 5.60 Å². The zero-order valence-electron chi connectivity index (χ0n) is 15.2. The Labute approximate surface area is 149 Å². The molecule has 1 aliphatic rings. The molecule has 0 saturated heterocycles. The Kier molecular flexibility index (Phi) is 6.82. The molecule has 1 fully saturated rings. The number of amides is 2. The molecule has 0 bridgehead atoms. The number of hydroxylamine groups is 1. The number of hydrogen-bond acceptors (Lipinski definition) is 4. The Bertz CT molecular complexity index is 563. The molecule has 1 aromatic rings. The first-order chi connectivity index (χ1) is 11.8. The van der Waals surface area contributed by atoms with E-state index >= 15 is 0 Å². The monoisotopic (exact) mass is 348 g/mol. The molecule has 0 unspecified atom stereocenters. The topological polar surface area (TPSA) is 76.7 Å². The van der Waals surface area contributed by atoms with Crippen LogP contribution < -0.4 is 10.8 Å². The molecule has 2 N–H and O–H groups in total. The molecular weight excluding hydrogens is 320 g/mol. The molecule has 6 heteroatoms. The van der Waals surface area contributed by atoms with E-state index in [1.165, 1.54) is 6.42 Å². The van der Waals surface area contributed by atoms with Crippen molar-refractivity contribution in [1.29, 1.82) is 0 Å². The molecule has 1 atom stereocenters. The zero-order chi connectivity index (χ0) is 18.3. The molecule has 0 aliphatic heterocycles. The van der Waals surface area contributed by atoms with Gasteiger partial charge < -0.3 is 10.1 Å². The highest BCUT2D eigenvalue weighted by Gasteiger charge is 2.28. The van der Waals surface area contributed by atoms with Crippen molar-refractivity contribution in [2.45, 2.75) is 70.6 Å². The van der Waals surface area contributed by atoms with Crippen LogP contribution in [0.3, 0.4) is 0 Å². The highest BCUT2D eigenvalue weighted by molar-refractivity contribution is 5.84. The van der Waals surface area contributed by atoms with Gasteiger partial charge in [0.25, 0.3) is 5.91 Å². The Morgan fingerprint density at radius 1 is 1.08 bits per heavy atom. The molecule has 0 spiro atoms. The van der Waals surface area contributed by atoms with Crippen LogP contribution in [0.15, 0.2) is 30.3 Å². The third-order valence-electron chi connectivity index (χ3n) is 3.96. The predicted molar refractivity (Wildman–Crippen MR) is 94.7 cm³/mol. The first-order valence-electron chi connectivity index (χ1n) is 8.85. The van der Waals surface area contributed by atoms with Crippen LogP contribution in [0.1, 0.15) is 64.5 Å². The third kappa shape index (κ3) is 6.74. The van der Waals surface area contributed by atoms with Gasteiger partial charge in [0.15, 0.2) is 0 Å². The quantitative estimate of drug-likeness (QED) is 0.797. The van der Waals surface area contributed by atoms with Crippen molar-refractivity contribution in [3.63, 3.8) is 0 Å². The second-order valence-corrected chi connectivity index (χ2v) is 7.36. The minimum atomic E-state index is -1.01. The molecule has 2 amide bonds. The second-order valence-electron chi connectivity index (χ2n) is 7.36. The lowest BCUT2D eigenvalue weighted by molar-refractivity contribution is -0.132. The average Bonchev–Trinajstić information content (AvgIpc) is 2.59. The predicted octanol–water partition coefficient (Wildman–Crippen LogP) is 3.63. The van der Waals surface area contributed by atoms with Crippen LogP contribution in [0.2, 0.25) is 0 Å². The summed E-state index contributed by atoms with van der Waals surface area (Å²) in [5.74, 6) is -0.302.